The van der Waals surface area contributed by atoms with E-state index in [9.17, 15) is 9.59 Å². The molecule has 1 aliphatic heterocycles. The van der Waals surface area contributed by atoms with Crippen LogP contribution in [0.3, 0.4) is 0 Å². The molecular formula is C15H18Cl2N2O3. The van der Waals surface area contributed by atoms with Crippen molar-refractivity contribution in [3.63, 3.8) is 0 Å². The number of carboxylic acid groups (broad SMARTS) is 1. The molecule has 1 saturated heterocycles. The molecule has 2 N–H and O–H groups in total. The van der Waals surface area contributed by atoms with Crippen LogP contribution < -0.4 is 10.2 Å². The number of aliphatic carboxylic acids is 1. The Morgan fingerprint density at radius 3 is 2.77 bits per heavy atom. The van der Waals surface area contributed by atoms with E-state index in [4.69, 9.17) is 28.3 Å². The summed E-state index contributed by atoms with van der Waals surface area (Å²) in [5, 5.41) is 12.8. The molecule has 1 amide bonds. The number of carboxylic acids is 1. The molecule has 1 aromatic rings. The van der Waals surface area contributed by atoms with Crippen LogP contribution in [0.4, 0.5) is 5.69 Å². The first-order valence-electron chi connectivity index (χ1n) is 7.11. The second-order valence-electron chi connectivity index (χ2n) is 5.45. The molecule has 5 nitrogen and oxygen atoms in total. The second-order valence-corrected chi connectivity index (χ2v) is 6.29. The number of piperidine rings is 1. The third kappa shape index (κ3) is 4.05. The minimum atomic E-state index is -1.12. The van der Waals surface area contributed by atoms with Gasteiger partial charge in [-0.2, -0.15) is 0 Å². The van der Waals surface area contributed by atoms with Crippen molar-refractivity contribution in [2.75, 3.05) is 18.0 Å². The summed E-state index contributed by atoms with van der Waals surface area (Å²) in [7, 11) is 0. The molecule has 1 heterocycles. The van der Waals surface area contributed by atoms with Gasteiger partial charge >= 0.3 is 5.97 Å². The highest BCUT2D eigenvalue weighted by Gasteiger charge is 2.27. The number of halogens is 2. The Kier molecular flexibility index (Phi) is 5.53. The highest BCUT2D eigenvalue weighted by Crippen LogP contribution is 2.30. The molecule has 2 atom stereocenters. The van der Waals surface area contributed by atoms with Gasteiger partial charge < -0.3 is 15.3 Å². The normalized spacial score (nSPS) is 19.6. The maximum atomic E-state index is 11.9. The van der Waals surface area contributed by atoms with Crippen molar-refractivity contribution >= 4 is 40.8 Å². The maximum absolute atomic E-state index is 11.9. The van der Waals surface area contributed by atoms with Crippen LogP contribution >= 0.6 is 23.2 Å². The fourth-order valence-corrected chi connectivity index (χ4v) is 3.02. The van der Waals surface area contributed by atoms with Gasteiger partial charge in [0.1, 0.15) is 5.92 Å². The zero-order valence-electron chi connectivity index (χ0n) is 12.2. The quantitative estimate of drug-likeness (QED) is 0.824. The molecule has 22 heavy (non-hydrogen) atoms. The Hall–Kier alpha value is -1.46. The summed E-state index contributed by atoms with van der Waals surface area (Å²) in [5.74, 6) is -2.62. The number of carbonyl (C=O) groups excluding carboxylic acids is 1. The first-order chi connectivity index (χ1) is 10.4. The molecular weight excluding hydrogens is 327 g/mol. The van der Waals surface area contributed by atoms with Gasteiger partial charge in [-0.25, -0.2) is 0 Å². The van der Waals surface area contributed by atoms with Crippen LogP contribution in [0.5, 0.6) is 0 Å². The summed E-state index contributed by atoms with van der Waals surface area (Å²) < 4.78 is 0. The fourth-order valence-electron chi connectivity index (χ4n) is 2.49. The van der Waals surface area contributed by atoms with Gasteiger partial charge in [-0.15, -0.1) is 0 Å². The van der Waals surface area contributed by atoms with Gasteiger partial charge in [-0.05, 0) is 38.0 Å². The van der Waals surface area contributed by atoms with Gasteiger partial charge in [-0.3, -0.25) is 9.59 Å². The lowest BCUT2D eigenvalue weighted by molar-refractivity contribution is -0.146. The second kappa shape index (κ2) is 7.20. The largest absolute Gasteiger partial charge is 0.481 e. The fraction of sp³-hybridized carbons (Fsp3) is 0.467. The highest BCUT2D eigenvalue weighted by atomic mass is 35.5. The SMILES string of the molecule is CC(C(=O)O)C(=O)NC1CCCN(c2ccc(Cl)cc2Cl)C1. The van der Waals surface area contributed by atoms with Crippen LogP contribution in [0.25, 0.3) is 0 Å². The number of nitrogens with zero attached hydrogens (tertiary/aromatic N) is 1. The lowest BCUT2D eigenvalue weighted by Gasteiger charge is -2.35. The van der Waals surface area contributed by atoms with E-state index in [1.54, 1.807) is 12.1 Å². The summed E-state index contributed by atoms with van der Waals surface area (Å²) in [4.78, 5) is 24.8. The average Bonchev–Trinajstić information content (AvgIpc) is 2.46. The van der Waals surface area contributed by atoms with Crippen LogP contribution in [0.1, 0.15) is 19.8 Å². The van der Waals surface area contributed by atoms with Gasteiger partial charge in [-0.1, -0.05) is 23.2 Å². The number of anilines is 1. The smallest absolute Gasteiger partial charge is 0.315 e. The third-order valence-corrected chi connectivity index (χ3v) is 4.32. The molecule has 7 heteroatoms. The van der Waals surface area contributed by atoms with Crippen LogP contribution in [-0.4, -0.2) is 36.1 Å². The summed E-state index contributed by atoms with van der Waals surface area (Å²) in [6, 6.07) is 5.23. The monoisotopic (exact) mass is 344 g/mol. The molecule has 0 aliphatic carbocycles. The summed E-state index contributed by atoms with van der Waals surface area (Å²) in [6.07, 6.45) is 1.71. The number of rotatable bonds is 4. The summed E-state index contributed by atoms with van der Waals surface area (Å²) >= 11 is 12.1. The third-order valence-electron chi connectivity index (χ3n) is 3.78. The zero-order valence-corrected chi connectivity index (χ0v) is 13.7. The minimum absolute atomic E-state index is 0.0882. The van der Waals surface area contributed by atoms with E-state index in [-0.39, 0.29) is 6.04 Å². The van der Waals surface area contributed by atoms with Crippen molar-refractivity contribution in [3.05, 3.63) is 28.2 Å². The Labute approximate surface area is 139 Å². The number of amides is 1. The number of nitrogens with one attached hydrogen (secondary N) is 1. The number of hydrogen-bond acceptors (Lipinski definition) is 3. The molecule has 0 aromatic heterocycles. The van der Waals surface area contributed by atoms with E-state index in [2.05, 4.69) is 10.2 Å². The van der Waals surface area contributed by atoms with Gasteiger partial charge in [0.25, 0.3) is 0 Å². The van der Waals surface area contributed by atoms with Crippen molar-refractivity contribution in [2.45, 2.75) is 25.8 Å². The van der Waals surface area contributed by atoms with E-state index in [1.165, 1.54) is 6.92 Å². The van der Waals surface area contributed by atoms with Crippen molar-refractivity contribution < 1.29 is 14.7 Å². The lowest BCUT2D eigenvalue weighted by Crippen LogP contribution is -2.49. The molecule has 2 unspecified atom stereocenters. The van der Waals surface area contributed by atoms with Gasteiger partial charge in [0.2, 0.25) is 5.91 Å². The van der Waals surface area contributed by atoms with E-state index < -0.39 is 17.8 Å². The first-order valence-corrected chi connectivity index (χ1v) is 7.87. The van der Waals surface area contributed by atoms with E-state index in [0.717, 1.165) is 25.1 Å². The molecule has 1 fully saturated rings. The maximum Gasteiger partial charge on any atom is 0.315 e. The van der Waals surface area contributed by atoms with Gasteiger partial charge in [0.05, 0.1) is 10.7 Å². The Bertz CT molecular complexity index is 580. The van der Waals surface area contributed by atoms with E-state index in [0.29, 0.717) is 16.6 Å². The van der Waals surface area contributed by atoms with E-state index >= 15 is 0 Å². The van der Waals surface area contributed by atoms with E-state index in [1.807, 2.05) is 6.07 Å². The molecule has 0 spiro atoms. The first kappa shape index (κ1) is 16.9. The Morgan fingerprint density at radius 1 is 1.41 bits per heavy atom. The topological polar surface area (TPSA) is 69.6 Å². The number of benzene rings is 1. The average molecular weight is 345 g/mol. The standard InChI is InChI=1S/C15H18Cl2N2O3/c1-9(15(21)22)14(20)18-11-3-2-6-19(8-11)13-5-4-10(16)7-12(13)17/h4-5,7,9,11H,2-3,6,8H2,1H3,(H,18,20)(H,21,22). The summed E-state index contributed by atoms with van der Waals surface area (Å²) in [6.45, 7) is 2.82. The minimum Gasteiger partial charge on any atom is -0.481 e. The molecule has 2 rings (SSSR count). The van der Waals surface area contributed by atoms with Crippen LogP contribution in [-0.2, 0) is 9.59 Å². The predicted molar refractivity (Wildman–Crippen MR) is 86.6 cm³/mol. The number of carbonyl (C=O) groups is 2. The van der Waals surface area contributed by atoms with Gasteiger partial charge in [0.15, 0.2) is 0 Å². The molecule has 0 radical (unpaired) electrons. The number of hydrogen-bond donors (Lipinski definition) is 2. The van der Waals surface area contributed by atoms with Crippen molar-refractivity contribution in [2.24, 2.45) is 5.92 Å². The van der Waals surface area contributed by atoms with Crippen molar-refractivity contribution in [3.8, 4) is 0 Å². The molecule has 1 aromatic carbocycles. The highest BCUT2D eigenvalue weighted by molar-refractivity contribution is 6.36. The van der Waals surface area contributed by atoms with Crippen LogP contribution in [0.15, 0.2) is 18.2 Å². The Balaban J connectivity index is 2.03. The van der Waals surface area contributed by atoms with Crippen LogP contribution in [0, 0.1) is 5.92 Å². The Morgan fingerprint density at radius 2 is 2.14 bits per heavy atom. The van der Waals surface area contributed by atoms with Gasteiger partial charge in [0, 0.05) is 24.2 Å². The molecule has 0 bridgehead atoms. The summed E-state index contributed by atoms with van der Waals surface area (Å²) in [5.41, 5.74) is 0.872. The predicted octanol–water partition coefficient (Wildman–Crippen LogP) is 2.80. The lowest BCUT2D eigenvalue weighted by atomic mass is 10.0. The molecule has 120 valence electrons. The van der Waals surface area contributed by atoms with Crippen LogP contribution in [0.2, 0.25) is 10.0 Å². The van der Waals surface area contributed by atoms with Crippen molar-refractivity contribution in [1.29, 1.82) is 0 Å². The molecule has 1 aliphatic rings. The molecule has 0 saturated carbocycles. The van der Waals surface area contributed by atoms with Crippen molar-refractivity contribution in [1.82, 2.24) is 5.32 Å². The zero-order chi connectivity index (χ0) is 16.3.